The van der Waals surface area contributed by atoms with Gasteiger partial charge in [0.1, 0.15) is 23.7 Å². The Hall–Kier alpha value is -4.02. The van der Waals surface area contributed by atoms with Gasteiger partial charge in [0.25, 0.3) is 11.8 Å². The van der Waals surface area contributed by atoms with E-state index in [2.05, 4.69) is 54.9 Å². The van der Waals surface area contributed by atoms with Crippen LogP contribution in [0.25, 0.3) is 11.6 Å². The molecule has 2 aliphatic rings. The number of ether oxygens (including phenoxy) is 1. The highest BCUT2D eigenvalue weighted by Crippen LogP contribution is 2.37. The van der Waals surface area contributed by atoms with Crippen molar-refractivity contribution in [3.05, 3.63) is 64.7 Å². The van der Waals surface area contributed by atoms with Crippen LogP contribution in [0.3, 0.4) is 0 Å². The lowest BCUT2D eigenvalue weighted by atomic mass is 10.1. The van der Waals surface area contributed by atoms with Crippen molar-refractivity contribution in [3.8, 4) is 0 Å². The average molecular weight is 502 g/mol. The summed E-state index contributed by atoms with van der Waals surface area (Å²) in [6.45, 7) is 8.54. The number of aromatic amines is 1. The van der Waals surface area contributed by atoms with Crippen molar-refractivity contribution in [1.29, 1.82) is 0 Å². The Morgan fingerprint density at radius 1 is 1.22 bits per heavy atom. The van der Waals surface area contributed by atoms with Gasteiger partial charge in [-0.15, -0.1) is 0 Å². The van der Waals surface area contributed by atoms with Gasteiger partial charge in [0, 0.05) is 37.6 Å². The van der Waals surface area contributed by atoms with E-state index in [1.54, 1.807) is 12.1 Å². The van der Waals surface area contributed by atoms with Gasteiger partial charge in [-0.05, 0) is 48.7 Å². The summed E-state index contributed by atoms with van der Waals surface area (Å²) in [6.07, 6.45) is 4.09. The number of hydrogen-bond acceptors (Lipinski definition) is 7. The molecule has 3 aromatic rings. The summed E-state index contributed by atoms with van der Waals surface area (Å²) in [5.41, 5.74) is 5.08. The summed E-state index contributed by atoms with van der Waals surface area (Å²) in [5.74, 6) is 0.531. The van der Waals surface area contributed by atoms with Gasteiger partial charge >= 0.3 is 0 Å². The SMILES string of the molecule is CCc1cccc(Nc2ncnc3c2/C(=C/c2[nH]c(C(=O)NCCN4CCOCC4)cc2C)C(=O)N3)c1. The predicted octanol–water partition coefficient (Wildman–Crippen LogP) is 2.97. The lowest BCUT2D eigenvalue weighted by molar-refractivity contribution is -0.110. The van der Waals surface area contributed by atoms with Crippen LogP contribution in [0.2, 0.25) is 0 Å². The minimum Gasteiger partial charge on any atom is -0.379 e. The molecule has 0 aliphatic carbocycles. The molecule has 10 nitrogen and oxygen atoms in total. The minimum absolute atomic E-state index is 0.182. The summed E-state index contributed by atoms with van der Waals surface area (Å²) < 4.78 is 5.36. The zero-order valence-electron chi connectivity index (χ0n) is 21.1. The van der Waals surface area contributed by atoms with Crippen LogP contribution in [0.15, 0.2) is 36.7 Å². The monoisotopic (exact) mass is 501 g/mol. The van der Waals surface area contributed by atoms with Gasteiger partial charge in [-0.2, -0.15) is 0 Å². The molecule has 4 N–H and O–H groups in total. The van der Waals surface area contributed by atoms with E-state index in [0.29, 0.717) is 40.7 Å². The zero-order chi connectivity index (χ0) is 25.8. The number of carbonyl (C=O) groups excluding carboxylic acids is 2. The van der Waals surface area contributed by atoms with Gasteiger partial charge in [-0.25, -0.2) is 9.97 Å². The van der Waals surface area contributed by atoms with Crippen LogP contribution in [-0.2, 0) is 16.0 Å². The quantitative estimate of drug-likeness (QED) is 0.350. The molecular weight excluding hydrogens is 470 g/mol. The first-order valence-electron chi connectivity index (χ1n) is 12.5. The van der Waals surface area contributed by atoms with E-state index in [9.17, 15) is 9.59 Å². The van der Waals surface area contributed by atoms with Gasteiger partial charge in [0.2, 0.25) is 0 Å². The third-order valence-corrected chi connectivity index (χ3v) is 6.60. The topological polar surface area (TPSA) is 124 Å². The fraction of sp³-hybridized carbons (Fsp3) is 0.333. The third-order valence-electron chi connectivity index (χ3n) is 6.60. The largest absolute Gasteiger partial charge is 0.379 e. The standard InChI is InChI=1S/C27H31N7O3/c1-3-18-5-4-6-19(14-18)31-24-23-20(26(35)33-25(23)30-16-29-24)15-21-17(2)13-22(32-21)27(36)28-7-8-34-9-11-37-12-10-34/h4-6,13-16,32H,3,7-12H2,1-2H3,(H,28,36)(H2,29,30,31,33,35)/b20-15-. The Bertz CT molecular complexity index is 1340. The molecule has 10 heteroatoms. The molecule has 0 radical (unpaired) electrons. The van der Waals surface area contributed by atoms with Crippen molar-refractivity contribution in [2.24, 2.45) is 0 Å². The number of H-pyrrole nitrogens is 1. The third kappa shape index (κ3) is 5.55. The number of carbonyl (C=O) groups is 2. The normalized spacial score (nSPS) is 16.5. The Morgan fingerprint density at radius 3 is 2.86 bits per heavy atom. The van der Waals surface area contributed by atoms with Crippen LogP contribution in [-0.4, -0.2) is 71.1 Å². The Kier molecular flexibility index (Phi) is 7.29. The Balaban J connectivity index is 1.35. The van der Waals surface area contributed by atoms with Crippen LogP contribution >= 0.6 is 0 Å². The molecule has 5 rings (SSSR count). The molecule has 0 bridgehead atoms. The molecule has 0 saturated carbocycles. The number of morpholine rings is 1. The molecule has 2 aromatic heterocycles. The van der Waals surface area contributed by atoms with Crippen molar-refractivity contribution in [1.82, 2.24) is 25.2 Å². The first-order chi connectivity index (χ1) is 18.0. The molecular formula is C27H31N7O3. The number of benzene rings is 1. The van der Waals surface area contributed by atoms with Crippen molar-refractivity contribution in [2.45, 2.75) is 20.3 Å². The molecule has 1 fully saturated rings. The maximum absolute atomic E-state index is 12.9. The minimum atomic E-state index is -0.272. The second-order valence-corrected chi connectivity index (χ2v) is 9.13. The van der Waals surface area contributed by atoms with E-state index in [1.165, 1.54) is 11.9 Å². The first kappa shape index (κ1) is 24.7. The molecule has 37 heavy (non-hydrogen) atoms. The summed E-state index contributed by atoms with van der Waals surface area (Å²) >= 11 is 0. The van der Waals surface area contributed by atoms with E-state index >= 15 is 0 Å². The molecule has 1 saturated heterocycles. The van der Waals surface area contributed by atoms with Gasteiger partial charge in [0.05, 0.1) is 24.4 Å². The molecule has 192 valence electrons. The number of fused-ring (bicyclic) bond motifs is 1. The fourth-order valence-electron chi connectivity index (χ4n) is 4.50. The maximum Gasteiger partial charge on any atom is 0.267 e. The maximum atomic E-state index is 12.9. The van der Waals surface area contributed by atoms with E-state index in [4.69, 9.17) is 4.74 Å². The number of anilines is 3. The average Bonchev–Trinajstić information content (AvgIpc) is 3.44. The summed E-state index contributed by atoms with van der Waals surface area (Å²) in [5, 5.41) is 9.12. The molecule has 4 heterocycles. The Labute approximate surface area is 215 Å². The van der Waals surface area contributed by atoms with Crippen molar-refractivity contribution in [2.75, 3.05) is 50.0 Å². The van der Waals surface area contributed by atoms with Crippen LogP contribution in [0.1, 0.15) is 39.8 Å². The Morgan fingerprint density at radius 2 is 2.05 bits per heavy atom. The number of nitrogens with zero attached hydrogens (tertiary/aromatic N) is 3. The molecule has 2 amide bonds. The van der Waals surface area contributed by atoms with Gasteiger partial charge in [-0.1, -0.05) is 19.1 Å². The summed E-state index contributed by atoms with van der Waals surface area (Å²) in [4.78, 5) is 39.8. The number of amides is 2. The van der Waals surface area contributed by atoms with E-state index in [0.717, 1.165) is 50.5 Å². The van der Waals surface area contributed by atoms with E-state index in [1.807, 2.05) is 19.1 Å². The summed E-state index contributed by atoms with van der Waals surface area (Å²) in [6, 6.07) is 9.86. The van der Waals surface area contributed by atoms with Crippen molar-refractivity contribution < 1.29 is 14.3 Å². The van der Waals surface area contributed by atoms with Gasteiger partial charge in [0.15, 0.2) is 0 Å². The highest BCUT2D eigenvalue weighted by atomic mass is 16.5. The molecule has 2 aliphatic heterocycles. The molecule has 0 atom stereocenters. The number of aromatic nitrogens is 3. The predicted molar refractivity (Wildman–Crippen MR) is 143 cm³/mol. The molecule has 0 unspecified atom stereocenters. The van der Waals surface area contributed by atoms with Crippen LogP contribution < -0.4 is 16.0 Å². The fourth-order valence-corrected chi connectivity index (χ4v) is 4.50. The highest BCUT2D eigenvalue weighted by molar-refractivity contribution is 6.35. The number of rotatable bonds is 8. The van der Waals surface area contributed by atoms with Crippen LogP contribution in [0.4, 0.5) is 17.3 Å². The van der Waals surface area contributed by atoms with Gasteiger partial charge in [-0.3, -0.25) is 14.5 Å². The van der Waals surface area contributed by atoms with Gasteiger partial charge < -0.3 is 25.7 Å². The lowest BCUT2D eigenvalue weighted by Gasteiger charge is -2.26. The van der Waals surface area contributed by atoms with Crippen LogP contribution in [0.5, 0.6) is 0 Å². The zero-order valence-corrected chi connectivity index (χ0v) is 21.1. The second kappa shape index (κ2) is 10.9. The second-order valence-electron chi connectivity index (χ2n) is 9.13. The summed E-state index contributed by atoms with van der Waals surface area (Å²) in [7, 11) is 0. The van der Waals surface area contributed by atoms with Crippen molar-refractivity contribution >= 4 is 40.8 Å². The smallest absolute Gasteiger partial charge is 0.267 e. The van der Waals surface area contributed by atoms with Crippen LogP contribution in [0, 0.1) is 6.92 Å². The van der Waals surface area contributed by atoms with E-state index in [-0.39, 0.29) is 11.8 Å². The molecule has 0 spiro atoms. The molecule has 1 aromatic carbocycles. The first-order valence-corrected chi connectivity index (χ1v) is 12.5. The number of nitrogens with one attached hydrogen (secondary N) is 4. The number of hydrogen-bond donors (Lipinski definition) is 4. The highest BCUT2D eigenvalue weighted by Gasteiger charge is 2.30. The number of aryl methyl sites for hydroxylation is 2. The van der Waals surface area contributed by atoms with Crippen molar-refractivity contribution in [3.63, 3.8) is 0 Å². The van der Waals surface area contributed by atoms with E-state index < -0.39 is 0 Å². The lowest BCUT2D eigenvalue weighted by Crippen LogP contribution is -2.41.